The first-order valence-electron chi connectivity index (χ1n) is 7.34. The summed E-state index contributed by atoms with van der Waals surface area (Å²) in [5.74, 6) is 1.09. The maximum atomic E-state index is 11.0. The van der Waals surface area contributed by atoms with E-state index in [4.69, 9.17) is 4.74 Å². The highest BCUT2D eigenvalue weighted by molar-refractivity contribution is 5.31. The van der Waals surface area contributed by atoms with Gasteiger partial charge in [0, 0.05) is 0 Å². The fraction of sp³-hybridized carbons (Fsp3) is 0.625. The first kappa shape index (κ1) is 14.4. The van der Waals surface area contributed by atoms with Crippen LogP contribution < -0.4 is 10.1 Å². The average Bonchev–Trinajstić information content (AvgIpc) is 2.45. The summed E-state index contributed by atoms with van der Waals surface area (Å²) in [4.78, 5) is 0. The molecule has 0 radical (unpaired) electrons. The summed E-state index contributed by atoms with van der Waals surface area (Å²) in [7, 11) is 3.75. The molecule has 3 N–H and O–H groups in total. The van der Waals surface area contributed by atoms with E-state index in [1.165, 1.54) is 12.0 Å². The molecule has 1 aliphatic carbocycles. The van der Waals surface area contributed by atoms with Crippen molar-refractivity contribution in [3.8, 4) is 5.75 Å². The second kappa shape index (κ2) is 6.40. The van der Waals surface area contributed by atoms with Gasteiger partial charge in [0.1, 0.15) is 5.75 Å². The molecular weight excluding hydrogens is 238 g/mol. The van der Waals surface area contributed by atoms with Gasteiger partial charge in [-0.05, 0) is 30.5 Å². The Bertz CT molecular complexity index is 382. The third-order valence-electron chi connectivity index (χ3n) is 4.36. The van der Waals surface area contributed by atoms with Crippen LogP contribution in [0.2, 0.25) is 0 Å². The van der Waals surface area contributed by atoms with Crippen LogP contribution in [0.1, 0.15) is 43.6 Å². The molecule has 1 aromatic rings. The van der Waals surface area contributed by atoms with Crippen molar-refractivity contribution in [2.24, 2.45) is 0 Å². The molecule has 1 unspecified atom stereocenters. The third-order valence-corrected chi connectivity index (χ3v) is 4.36. The van der Waals surface area contributed by atoms with Crippen molar-refractivity contribution < 1.29 is 15.2 Å². The van der Waals surface area contributed by atoms with Gasteiger partial charge in [0.25, 0.3) is 0 Å². The number of quaternary nitrogens is 1. The summed E-state index contributed by atoms with van der Waals surface area (Å²) in [5, 5.41) is 13.2. The first-order valence-corrected chi connectivity index (χ1v) is 7.34. The van der Waals surface area contributed by atoms with Gasteiger partial charge < -0.3 is 15.2 Å². The Balaban J connectivity index is 2.22. The van der Waals surface area contributed by atoms with E-state index in [0.29, 0.717) is 0 Å². The monoisotopic (exact) mass is 264 g/mol. The highest BCUT2D eigenvalue weighted by Gasteiger charge is 2.39. The molecule has 0 spiro atoms. The molecule has 1 saturated carbocycles. The van der Waals surface area contributed by atoms with Crippen LogP contribution in [0.25, 0.3) is 0 Å². The number of nitrogens with two attached hydrogens (primary N) is 1. The van der Waals surface area contributed by atoms with Crippen LogP contribution in [-0.4, -0.2) is 31.4 Å². The fourth-order valence-corrected chi connectivity index (χ4v) is 3.25. The minimum Gasteiger partial charge on any atom is -0.497 e. The lowest BCUT2D eigenvalue weighted by molar-refractivity contribution is -0.631. The number of methoxy groups -OCH3 is 1. The zero-order valence-corrected chi connectivity index (χ0v) is 12.1. The van der Waals surface area contributed by atoms with Crippen molar-refractivity contribution in [1.82, 2.24) is 0 Å². The number of likely N-dealkylation sites (N-methyl/N-ethyl adjacent to an activating group) is 1. The SMILES string of the molecule is C[NH2+]CC(c1ccc(OC)cc1)C1(O)CCCCC1. The molecule has 0 saturated heterocycles. The lowest BCUT2D eigenvalue weighted by Gasteiger charge is -2.38. The molecule has 3 nitrogen and oxygen atoms in total. The van der Waals surface area contributed by atoms with Gasteiger partial charge >= 0.3 is 0 Å². The van der Waals surface area contributed by atoms with Crippen molar-refractivity contribution in [1.29, 1.82) is 0 Å². The smallest absolute Gasteiger partial charge is 0.118 e. The molecule has 2 rings (SSSR count). The maximum Gasteiger partial charge on any atom is 0.118 e. The van der Waals surface area contributed by atoms with E-state index in [0.717, 1.165) is 38.0 Å². The van der Waals surface area contributed by atoms with E-state index >= 15 is 0 Å². The van der Waals surface area contributed by atoms with Crippen molar-refractivity contribution in [3.63, 3.8) is 0 Å². The minimum absolute atomic E-state index is 0.212. The Morgan fingerprint density at radius 2 is 1.84 bits per heavy atom. The van der Waals surface area contributed by atoms with E-state index in [-0.39, 0.29) is 5.92 Å². The van der Waals surface area contributed by atoms with E-state index in [9.17, 15) is 5.11 Å². The number of hydrogen-bond acceptors (Lipinski definition) is 2. The molecule has 0 heterocycles. The Morgan fingerprint density at radius 3 is 2.37 bits per heavy atom. The number of ether oxygens (including phenoxy) is 1. The van der Waals surface area contributed by atoms with Gasteiger partial charge in [-0.15, -0.1) is 0 Å². The summed E-state index contributed by atoms with van der Waals surface area (Å²) in [6.07, 6.45) is 5.41. The normalized spacial score (nSPS) is 19.9. The molecule has 0 aliphatic heterocycles. The summed E-state index contributed by atoms with van der Waals surface area (Å²) < 4.78 is 5.21. The lowest BCUT2D eigenvalue weighted by atomic mass is 9.73. The van der Waals surface area contributed by atoms with E-state index < -0.39 is 5.60 Å². The lowest BCUT2D eigenvalue weighted by Crippen LogP contribution is -2.82. The second-order valence-corrected chi connectivity index (χ2v) is 5.63. The van der Waals surface area contributed by atoms with Crippen LogP contribution >= 0.6 is 0 Å². The zero-order valence-electron chi connectivity index (χ0n) is 12.1. The molecule has 1 aromatic carbocycles. The summed E-state index contributed by atoms with van der Waals surface area (Å²) in [6.45, 7) is 0.933. The largest absolute Gasteiger partial charge is 0.497 e. The number of benzene rings is 1. The minimum atomic E-state index is -0.528. The van der Waals surface area contributed by atoms with Gasteiger partial charge in [0.2, 0.25) is 0 Å². The zero-order chi connectivity index (χ0) is 13.7. The number of rotatable bonds is 5. The highest BCUT2D eigenvalue weighted by Crippen LogP contribution is 2.39. The van der Waals surface area contributed by atoms with Crippen molar-refractivity contribution >= 4 is 0 Å². The quantitative estimate of drug-likeness (QED) is 0.850. The Labute approximate surface area is 116 Å². The van der Waals surface area contributed by atoms with Crippen molar-refractivity contribution in [2.75, 3.05) is 20.7 Å². The molecule has 1 aliphatic rings. The standard InChI is InChI=1S/C16H25NO2/c1-17-12-15(16(18)10-4-3-5-11-16)13-6-8-14(19-2)9-7-13/h6-9,15,17-18H,3-5,10-12H2,1-2H3/p+1. The van der Waals surface area contributed by atoms with Crippen LogP contribution in [0.15, 0.2) is 24.3 Å². The van der Waals surface area contributed by atoms with Crippen LogP contribution in [-0.2, 0) is 0 Å². The molecule has 3 heteroatoms. The summed E-state index contributed by atoms with van der Waals surface area (Å²) in [6, 6.07) is 8.17. The first-order chi connectivity index (χ1) is 9.19. The molecular formula is C16H26NO2+. The molecule has 0 amide bonds. The van der Waals surface area contributed by atoms with Gasteiger partial charge in [0.15, 0.2) is 0 Å². The Hall–Kier alpha value is -1.06. The summed E-state index contributed by atoms with van der Waals surface area (Å²) in [5.41, 5.74) is 0.697. The second-order valence-electron chi connectivity index (χ2n) is 5.63. The topological polar surface area (TPSA) is 46.1 Å². The Morgan fingerprint density at radius 1 is 1.21 bits per heavy atom. The van der Waals surface area contributed by atoms with Crippen LogP contribution in [0.4, 0.5) is 0 Å². The van der Waals surface area contributed by atoms with Gasteiger partial charge in [-0.2, -0.15) is 0 Å². The van der Waals surface area contributed by atoms with Gasteiger partial charge in [-0.25, -0.2) is 0 Å². The predicted molar refractivity (Wildman–Crippen MR) is 76.5 cm³/mol. The van der Waals surface area contributed by atoms with Crippen LogP contribution in [0.5, 0.6) is 5.75 Å². The van der Waals surface area contributed by atoms with Gasteiger partial charge in [0.05, 0.1) is 32.2 Å². The van der Waals surface area contributed by atoms with E-state index in [1.54, 1.807) is 7.11 Å². The number of aliphatic hydroxyl groups is 1. The van der Waals surface area contributed by atoms with Gasteiger partial charge in [-0.1, -0.05) is 31.4 Å². The van der Waals surface area contributed by atoms with E-state index in [1.807, 2.05) is 12.1 Å². The molecule has 0 aromatic heterocycles. The van der Waals surface area contributed by atoms with Crippen molar-refractivity contribution in [3.05, 3.63) is 29.8 Å². The molecule has 19 heavy (non-hydrogen) atoms. The third kappa shape index (κ3) is 3.28. The van der Waals surface area contributed by atoms with E-state index in [2.05, 4.69) is 24.5 Å². The molecule has 0 bridgehead atoms. The average molecular weight is 264 g/mol. The molecule has 106 valence electrons. The molecule has 1 atom stereocenters. The summed E-state index contributed by atoms with van der Waals surface area (Å²) >= 11 is 0. The molecule has 1 fully saturated rings. The Kier molecular flexibility index (Phi) is 4.83. The fourth-order valence-electron chi connectivity index (χ4n) is 3.25. The van der Waals surface area contributed by atoms with Crippen LogP contribution in [0, 0.1) is 0 Å². The predicted octanol–water partition coefficient (Wildman–Crippen LogP) is 1.67. The highest BCUT2D eigenvalue weighted by atomic mass is 16.5. The van der Waals surface area contributed by atoms with Crippen molar-refractivity contribution in [2.45, 2.75) is 43.6 Å². The van der Waals surface area contributed by atoms with Gasteiger partial charge in [-0.3, -0.25) is 0 Å². The number of hydrogen-bond donors (Lipinski definition) is 2. The maximum absolute atomic E-state index is 11.0. The van der Waals surface area contributed by atoms with Crippen LogP contribution in [0.3, 0.4) is 0 Å².